The van der Waals surface area contributed by atoms with Gasteiger partial charge in [0.25, 0.3) is 0 Å². The number of hydrogen-bond acceptors (Lipinski definition) is 3. The van der Waals surface area contributed by atoms with Gasteiger partial charge in [0.1, 0.15) is 0 Å². The summed E-state index contributed by atoms with van der Waals surface area (Å²) in [6.07, 6.45) is 5.08. The number of nitrogens with zero attached hydrogens (tertiary/aromatic N) is 3. The standard InChI is InChI=1S/C11H10ClN3O/c1-15-5-3-8(14-15)6-11(16)9-2-4-13-7-10(9)12/h2-5,7H,6H2,1H3. The zero-order chi connectivity index (χ0) is 11.5. The van der Waals surface area contributed by atoms with Crippen LogP contribution in [0.5, 0.6) is 0 Å². The molecule has 0 bridgehead atoms. The maximum Gasteiger partial charge on any atom is 0.170 e. The zero-order valence-corrected chi connectivity index (χ0v) is 9.48. The lowest BCUT2D eigenvalue weighted by atomic mass is 10.1. The quantitative estimate of drug-likeness (QED) is 0.764. The SMILES string of the molecule is Cn1ccc(CC(=O)c2ccncc2Cl)n1. The number of Topliss-reactive ketones (excluding diaryl/α,β-unsaturated/α-hetero) is 1. The number of hydrogen-bond donors (Lipinski definition) is 0. The molecule has 0 saturated heterocycles. The first-order chi connectivity index (χ1) is 7.66. The van der Waals surface area contributed by atoms with Gasteiger partial charge in [0, 0.05) is 31.2 Å². The summed E-state index contributed by atoms with van der Waals surface area (Å²) in [6, 6.07) is 3.43. The first-order valence-electron chi connectivity index (χ1n) is 4.78. The minimum Gasteiger partial charge on any atom is -0.294 e. The van der Waals surface area contributed by atoms with Gasteiger partial charge in [0.2, 0.25) is 0 Å². The molecule has 0 amide bonds. The summed E-state index contributed by atoms with van der Waals surface area (Å²) < 4.78 is 1.66. The van der Waals surface area contributed by atoms with Crippen molar-refractivity contribution >= 4 is 17.4 Å². The van der Waals surface area contributed by atoms with Crippen molar-refractivity contribution in [3.63, 3.8) is 0 Å². The molecule has 0 spiro atoms. The van der Waals surface area contributed by atoms with Crippen molar-refractivity contribution in [1.29, 1.82) is 0 Å². The van der Waals surface area contributed by atoms with Gasteiger partial charge in [0.05, 0.1) is 17.1 Å². The molecule has 16 heavy (non-hydrogen) atoms. The Morgan fingerprint density at radius 1 is 1.50 bits per heavy atom. The summed E-state index contributed by atoms with van der Waals surface area (Å²) >= 11 is 5.88. The summed E-state index contributed by atoms with van der Waals surface area (Å²) in [5.41, 5.74) is 1.22. The topological polar surface area (TPSA) is 47.8 Å². The molecule has 4 nitrogen and oxygen atoms in total. The number of aromatic nitrogens is 3. The molecular weight excluding hydrogens is 226 g/mol. The number of carbonyl (C=O) groups is 1. The van der Waals surface area contributed by atoms with Crippen LogP contribution in [0.1, 0.15) is 16.1 Å². The smallest absolute Gasteiger partial charge is 0.170 e. The molecule has 0 fully saturated rings. The van der Waals surface area contributed by atoms with E-state index in [2.05, 4.69) is 10.1 Å². The van der Waals surface area contributed by atoms with Crippen LogP contribution in [0.15, 0.2) is 30.7 Å². The maximum atomic E-state index is 11.9. The summed E-state index contributed by atoms with van der Waals surface area (Å²) in [4.78, 5) is 15.7. The average Bonchev–Trinajstić information content (AvgIpc) is 2.64. The molecule has 2 rings (SSSR count). The van der Waals surface area contributed by atoms with E-state index in [-0.39, 0.29) is 12.2 Å². The van der Waals surface area contributed by atoms with Crippen LogP contribution in [0.4, 0.5) is 0 Å². The number of pyridine rings is 1. The van der Waals surface area contributed by atoms with E-state index >= 15 is 0 Å². The van der Waals surface area contributed by atoms with Gasteiger partial charge in [0.15, 0.2) is 5.78 Å². The lowest BCUT2D eigenvalue weighted by Crippen LogP contribution is -2.05. The molecule has 0 aliphatic heterocycles. The van der Waals surface area contributed by atoms with Crippen LogP contribution < -0.4 is 0 Å². The van der Waals surface area contributed by atoms with Gasteiger partial charge < -0.3 is 0 Å². The van der Waals surface area contributed by atoms with Crippen molar-refractivity contribution in [2.24, 2.45) is 7.05 Å². The molecule has 0 aromatic carbocycles. The zero-order valence-electron chi connectivity index (χ0n) is 8.72. The monoisotopic (exact) mass is 235 g/mol. The predicted octanol–water partition coefficient (Wildman–Crippen LogP) is 1.89. The molecule has 2 heterocycles. The Labute approximate surface area is 97.9 Å². The Balaban J connectivity index is 2.18. The highest BCUT2D eigenvalue weighted by atomic mass is 35.5. The van der Waals surface area contributed by atoms with Gasteiger partial charge in [-0.3, -0.25) is 14.5 Å². The summed E-state index contributed by atoms with van der Waals surface area (Å²) in [6.45, 7) is 0. The molecule has 0 aliphatic rings. The van der Waals surface area contributed by atoms with Crippen molar-refractivity contribution in [3.05, 3.63) is 47.0 Å². The van der Waals surface area contributed by atoms with E-state index in [1.807, 2.05) is 13.1 Å². The molecule has 2 aromatic heterocycles. The molecule has 0 radical (unpaired) electrons. The van der Waals surface area contributed by atoms with Gasteiger partial charge in [-0.25, -0.2) is 0 Å². The van der Waals surface area contributed by atoms with Gasteiger partial charge in [-0.15, -0.1) is 0 Å². The minimum atomic E-state index is -0.0499. The molecular formula is C11H10ClN3O. The normalized spacial score (nSPS) is 10.4. The van der Waals surface area contributed by atoms with Crippen molar-refractivity contribution in [2.75, 3.05) is 0 Å². The van der Waals surface area contributed by atoms with Crippen molar-refractivity contribution < 1.29 is 4.79 Å². The lowest BCUT2D eigenvalue weighted by Gasteiger charge is -2.00. The second-order valence-electron chi connectivity index (χ2n) is 3.44. The fourth-order valence-electron chi connectivity index (χ4n) is 1.42. The Bertz CT molecular complexity index is 521. The van der Waals surface area contributed by atoms with E-state index in [0.29, 0.717) is 10.6 Å². The molecule has 0 saturated carbocycles. The molecule has 5 heteroatoms. The van der Waals surface area contributed by atoms with Gasteiger partial charge in [-0.2, -0.15) is 5.10 Å². The van der Waals surface area contributed by atoms with Crippen LogP contribution in [0, 0.1) is 0 Å². The highest BCUT2D eigenvalue weighted by Gasteiger charge is 2.12. The third-order valence-corrected chi connectivity index (χ3v) is 2.48. The highest BCUT2D eigenvalue weighted by molar-refractivity contribution is 6.33. The number of halogens is 1. The van der Waals surface area contributed by atoms with E-state index < -0.39 is 0 Å². The van der Waals surface area contributed by atoms with Crippen molar-refractivity contribution in [1.82, 2.24) is 14.8 Å². The second-order valence-corrected chi connectivity index (χ2v) is 3.84. The van der Waals surface area contributed by atoms with Crippen LogP contribution in [-0.2, 0) is 13.5 Å². The second kappa shape index (κ2) is 4.45. The molecule has 0 unspecified atom stereocenters. The van der Waals surface area contributed by atoms with E-state index in [1.165, 1.54) is 6.20 Å². The van der Waals surface area contributed by atoms with Crippen LogP contribution in [0.25, 0.3) is 0 Å². The Morgan fingerprint density at radius 2 is 2.31 bits per heavy atom. The third-order valence-electron chi connectivity index (χ3n) is 2.18. The van der Waals surface area contributed by atoms with Crippen molar-refractivity contribution in [2.45, 2.75) is 6.42 Å². The summed E-state index contributed by atoms with van der Waals surface area (Å²) in [7, 11) is 1.81. The van der Waals surface area contributed by atoms with E-state index in [0.717, 1.165) is 5.69 Å². The third kappa shape index (κ3) is 2.28. The maximum absolute atomic E-state index is 11.9. The van der Waals surface area contributed by atoms with Crippen LogP contribution in [0.3, 0.4) is 0 Å². The van der Waals surface area contributed by atoms with Crippen LogP contribution in [0.2, 0.25) is 5.02 Å². The largest absolute Gasteiger partial charge is 0.294 e. The predicted molar refractivity (Wildman–Crippen MR) is 60.5 cm³/mol. The first kappa shape index (κ1) is 10.8. The van der Waals surface area contributed by atoms with Gasteiger partial charge in [-0.1, -0.05) is 11.6 Å². The Morgan fingerprint density at radius 3 is 2.94 bits per heavy atom. The molecule has 2 aromatic rings. The van der Waals surface area contributed by atoms with E-state index in [1.54, 1.807) is 23.1 Å². The molecule has 82 valence electrons. The number of aryl methyl sites for hydroxylation is 1. The number of ketones is 1. The van der Waals surface area contributed by atoms with Crippen LogP contribution in [-0.4, -0.2) is 20.5 Å². The molecule has 0 aliphatic carbocycles. The Kier molecular flexibility index (Phi) is 3.01. The molecule has 0 N–H and O–H groups in total. The van der Waals surface area contributed by atoms with Gasteiger partial charge >= 0.3 is 0 Å². The lowest BCUT2D eigenvalue weighted by molar-refractivity contribution is 0.0992. The first-order valence-corrected chi connectivity index (χ1v) is 5.16. The number of carbonyl (C=O) groups excluding carboxylic acids is 1. The summed E-state index contributed by atoms with van der Waals surface area (Å²) in [5, 5.41) is 4.52. The van der Waals surface area contributed by atoms with E-state index in [4.69, 9.17) is 11.6 Å². The fraction of sp³-hybridized carbons (Fsp3) is 0.182. The average molecular weight is 236 g/mol. The molecule has 0 atom stereocenters. The van der Waals surface area contributed by atoms with Gasteiger partial charge in [-0.05, 0) is 12.1 Å². The van der Waals surface area contributed by atoms with Crippen molar-refractivity contribution in [3.8, 4) is 0 Å². The highest BCUT2D eigenvalue weighted by Crippen LogP contribution is 2.15. The Hall–Kier alpha value is -1.68. The number of rotatable bonds is 3. The van der Waals surface area contributed by atoms with E-state index in [9.17, 15) is 4.79 Å². The minimum absolute atomic E-state index is 0.0499. The van der Waals surface area contributed by atoms with Crippen LogP contribution >= 0.6 is 11.6 Å². The fourth-order valence-corrected chi connectivity index (χ4v) is 1.64. The summed E-state index contributed by atoms with van der Waals surface area (Å²) in [5.74, 6) is -0.0499.